The third-order valence-corrected chi connectivity index (χ3v) is 10.4. The van der Waals surface area contributed by atoms with Gasteiger partial charge in [-0.05, 0) is 96.1 Å². The van der Waals surface area contributed by atoms with Gasteiger partial charge in [-0.3, -0.25) is 0 Å². The summed E-state index contributed by atoms with van der Waals surface area (Å²) in [5, 5.41) is 0. The number of H-pyrrole nitrogens is 2. The average molecular weight is 1020 g/mol. The lowest BCUT2D eigenvalue weighted by Gasteiger charge is -2.07. The summed E-state index contributed by atoms with van der Waals surface area (Å²) in [5.74, 6) is -0.821. The quantitative estimate of drug-likeness (QED) is 0.151. The maximum atomic E-state index is 12.4. The molecule has 0 atom stereocenters. The molecule has 2 aromatic carbocycles. The van der Waals surface area contributed by atoms with Crippen LogP contribution in [0.25, 0.3) is 90.9 Å². The molecule has 10 nitrogen and oxygen atoms in total. The van der Waals surface area contributed by atoms with E-state index in [1.165, 1.54) is 14.2 Å². The number of halogens is 2. The lowest BCUT2D eigenvalue weighted by molar-refractivity contribution is -0.671. The van der Waals surface area contributed by atoms with E-state index in [4.69, 9.17) is 19.4 Å². The van der Waals surface area contributed by atoms with Crippen molar-refractivity contribution in [3.8, 4) is 44.5 Å². The summed E-state index contributed by atoms with van der Waals surface area (Å²) in [6.07, 6.45) is 16.4. The normalized spacial score (nSPS) is 11.4. The Hall–Kier alpha value is -6.26. The van der Waals surface area contributed by atoms with Crippen LogP contribution >= 0.6 is 0 Å². The van der Waals surface area contributed by atoms with Crippen molar-refractivity contribution < 1.29 is 76.2 Å². The van der Waals surface area contributed by atoms with Crippen molar-refractivity contribution >= 4 is 58.3 Å². The van der Waals surface area contributed by atoms with E-state index < -0.39 is 11.9 Å². The Morgan fingerprint density at radius 2 is 0.783 bits per heavy atom. The number of ether oxygens (including phenoxy) is 2. The molecule has 0 saturated carbocycles. The van der Waals surface area contributed by atoms with Crippen LogP contribution in [0.15, 0.2) is 122 Å². The first-order valence-corrected chi connectivity index (χ1v) is 18.7. The summed E-state index contributed by atoms with van der Waals surface area (Å²) < 4.78 is 14.1. The fourth-order valence-corrected chi connectivity index (χ4v) is 7.67. The molecule has 8 bridgehead atoms. The predicted octanol–water partition coefficient (Wildman–Crippen LogP) is 2.55. The highest BCUT2D eigenvalue weighted by molar-refractivity contribution is 6.00. The number of methoxy groups -OCH3 is 2. The van der Waals surface area contributed by atoms with Crippen molar-refractivity contribution in [3.63, 3.8) is 0 Å². The third kappa shape index (κ3) is 7.91. The van der Waals surface area contributed by atoms with Crippen LogP contribution in [0.1, 0.15) is 43.5 Å². The van der Waals surface area contributed by atoms with Gasteiger partial charge in [0.2, 0.25) is 0 Å². The van der Waals surface area contributed by atoms with Crippen molar-refractivity contribution in [2.45, 2.75) is 0 Å². The van der Waals surface area contributed by atoms with Crippen LogP contribution in [0.4, 0.5) is 0 Å². The molecule has 60 heavy (non-hydrogen) atoms. The highest BCUT2D eigenvalue weighted by Crippen LogP contribution is 2.38. The number of pyridine rings is 2. The van der Waals surface area contributed by atoms with Crippen molar-refractivity contribution in [1.29, 1.82) is 0 Å². The second-order valence-electron chi connectivity index (χ2n) is 14.2. The average Bonchev–Trinajstić information content (AvgIpc) is 4.09. The maximum Gasteiger partial charge on any atom is 0.337 e. The molecule has 0 radical (unpaired) electrons. The van der Waals surface area contributed by atoms with Crippen LogP contribution in [0.3, 0.4) is 0 Å². The molecule has 9 rings (SSSR count). The Kier molecular flexibility index (Phi) is 12.2. The summed E-state index contributed by atoms with van der Waals surface area (Å²) in [4.78, 5) is 43.1. The number of hydrogen-bond acceptors (Lipinski definition) is 6. The largest absolute Gasteiger partial charge is 1.00 e. The van der Waals surface area contributed by atoms with Crippen molar-refractivity contribution in [3.05, 3.63) is 156 Å². The molecule has 0 amide bonds. The molecule has 0 saturated heterocycles. The van der Waals surface area contributed by atoms with E-state index in [9.17, 15) is 9.59 Å². The van der Waals surface area contributed by atoms with E-state index in [2.05, 4.69) is 58.8 Å². The number of aromatic nitrogens is 6. The van der Waals surface area contributed by atoms with Gasteiger partial charge in [0.1, 0.15) is 14.1 Å². The van der Waals surface area contributed by atoms with Gasteiger partial charge in [0, 0.05) is 67.6 Å². The molecule has 2 aliphatic heterocycles. The number of fused-ring (bicyclic) bond motifs is 8. The molecule has 0 spiro atoms. The monoisotopic (exact) mass is 1020 g/mol. The minimum Gasteiger partial charge on any atom is -1.00 e. The van der Waals surface area contributed by atoms with E-state index in [1.807, 2.05) is 96.3 Å². The Bertz CT molecular complexity index is 2840. The number of aromatic amines is 2. The molecular formula is C48H38I2N6O4. The van der Waals surface area contributed by atoms with Crippen molar-refractivity contribution in [2.24, 2.45) is 14.1 Å². The maximum absolute atomic E-state index is 12.4. The van der Waals surface area contributed by atoms with Gasteiger partial charge in [0.25, 0.3) is 0 Å². The van der Waals surface area contributed by atoms with Gasteiger partial charge in [-0.15, -0.1) is 0 Å². The first-order valence-electron chi connectivity index (χ1n) is 18.7. The molecule has 298 valence electrons. The van der Waals surface area contributed by atoms with E-state index in [-0.39, 0.29) is 48.0 Å². The smallest absolute Gasteiger partial charge is 0.337 e. The van der Waals surface area contributed by atoms with Crippen LogP contribution < -0.4 is 57.1 Å². The van der Waals surface area contributed by atoms with Crippen LogP contribution in [0.2, 0.25) is 0 Å². The predicted molar refractivity (Wildman–Crippen MR) is 226 cm³/mol. The lowest BCUT2D eigenvalue weighted by atomic mass is 10.0. The van der Waals surface area contributed by atoms with Gasteiger partial charge in [-0.1, -0.05) is 24.3 Å². The molecule has 5 aromatic heterocycles. The molecule has 2 N–H and O–H groups in total. The van der Waals surface area contributed by atoms with Gasteiger partial charge in [-0.2, -0.15) is 0 Å². The van der Waals surface area contributed by atoms with E-state index >= 15 is 0 Å². The number of rotatable bonds is 6. The second-order valence-corrected chi connectivity index (χ2v) is 14.2. The summed E-state index contributed by atoms with van der Waals surface area (Å²) in [6, 6.07) is 31.2. The molecule has 0 aliphatic carbocycles. The molecule has 7 aromatic rings. The zero-order chi connectivity index (χ0) is 39.9. The zero-order valence-corrected chi connectivity index (χ0v) is 37.3. The van der Waals surface area contributed by atoms with Gasteiger partial charge in [0.05, 0.1) is 48.1 Å². The van der Waals surface area contributed by atoms with E-state index in [0.717, 1.165) is 89.4 Å². The SMILES string of the molecule is COC(=O)c1ccc(-c2c3nc(c(-c4ccc[n+](C)c4)c4ccc([nH]4)c(-c4ccc[n+](C)c4)c4nc(c(-c5ccc(C(=O)OC)cc5)c5ccc2[nH]5)C=C4)C=C3)cc1.[I-].[I-]. The molecule has 2 aliphatic rings. The summed E-state index contributed by atoms with van der Waals surface area (Å²) in [6.45, 7) is 0. The number of benzene rings is 2. The third-order valence-electron chi connectivity index (χ3n) is 10.4. The second kappa shape index (κ2) is 17.5. The van der Waals surface area contributed by atoms with Crippen molar-refractivity contribution in [1.82, 2.24) is 19.9 Å². The Balaban J connectivity index is 0.00000272. The van der Waals surface area contributed by atoms with Gasteiger partial charge in [-0.25, -0.2) is 28.7 Å². The molecule has 0 unspecified atom stereocenters. The molecule has 0 fully saturated rings. The van der Waals surface area contributed by atoms with Crippen LogP contribution in [-0.2, 0) is 23.6 Å². The summed E-state index contributed by atoms with van der Waals surface area (Å²) >= 11 is 0. The van der Waals surface area contributed by atoms with Gasteiger partial charge >= 0.3 is 11.9 Å². The highest BCUT2D eigenvalue weighted by Gasteiger charge is 2.21. The fourth-order valence-electron chi connectivity index (χ4n) is 7.67. The number of carbonyl (C=O) groups excluding carboxylic acids is 2. The number of aryl methyl sites for hydroxylation is 2. The Morgan fingerprint density at radius 3 is 1.08 bits per heavy atom. The van der Waals surface area contributed by atoms with Gasteiger partial charge < -0.3 is 67.4 Å². The number of esters is 2. The molecule has 7 heterocycles. The van der Waals surface area contributed by atoms with E-state index in [0.29, 0.717) is 11.1 Å². The number of hydrogen-bond donors (Lipinski definition) is 2. The number of nitrogens with one attached hydrogen (secondary N) is 2. The molecule has 12 heteroatoms. The minimum atomic E-state index is -0.411. The summed E-state index contributed by atoms with van der Waals surface area (Å²) in [5.41, 5.74) is 14.6. The van der Waals surface area contributed by atoms with Crippen molar-refractivity contribution in [2.75, 3.05) is 14.2 Å². The van der Waals surface area contributed by atoms with Gasteiger partial charge in [0.15, 0.2) is 24.8 Å². The zero-order valence-electron chi connectivity index (χ0n) is 33.0. The minimum absolute atomic E-state index is 0. The first kappa shape index (κ1) is 41.9. The fraction of sp³-hybridized carbons (Fsp3) is 0.0833. The van der Waals surface area contributed by atoms with Crippen LogP contribution in [0, 0.1) is 0 Å². The standard InChI is InChI=1S/C48H37N6O4.2HI/c1-53-25-5-7-33(27-53)45-39-21-19-37(50-39)43(29-9-13-31(14-10-29)47(55)57-3)35-17-18-36(49-35)44(30-11-15-32(16-12-30)48(56)58-4)38-20-22-40(51-38)46(42-24-23-41(45)52-42)34-8-6-26-54(2)28-34;;/h5-28H,1-4H3,(H-,49,50,51,52,55,56);2*1H/q+1;;/p-1. The molecular weight excluding hydrogens is 978 g/mol. The summed E-state index contributed by atoms with van der Waals surface area (Å²) in [7, 11) is 6.77. The number of carbonyl (C=O) groups is 2. The van der Waals surface area contributed by atoms with E-state index in [1.54, 1.807) is 24.3 Å². The first-order chi connectivity index (χ1) is 28.3. The lowest BCUT2D eigenvalue weighted by Crippen LogP contribution is -3.00. The highest BCUT2D eigenvalue weighted by atomic mass is 127. The number of nitrogens with zero attached hydrogens (tertiary/aromatic N) is 4. The Morgan fingerprint density at radius 1 is 0.467 bits per heavy atom. The Labute approximate surface area is 380 Å². The van der Waals surface area contributed by atoms with Crippen LogP contribution in [-0.4, -0.2) is 46.1 Å². The topological polar surface area (TPSA) is 118 Å². The van der Waals surface area contributed by atoms with Crippen LogP contribution in [0.5, 0.6) is 0 Å².